The van der Waals surface area contributed by atoms with Gasteiger partial charge in [0.25, 0.3) is 5.69 Å². The lowest BCUT2D eigenvalue weighted by molar-refractivity contribution is -0.384. The van der Waals surface area contributed by atoms with Gasteiger partial charge in [-0.1, -0.05) is 0 Å². The summed E-state index contributed by atoms with van der Waals surface area (Å²) in [5, 5.41) is 11.9. The summed E-state index contributed by atoms with van der Waals surface area (Å²) < 4.78 is 11.7. The average molecular weight is 452 g/mol. The lowest BCUT2D eigenvalue weighted by atomic mass is 10.0. The third-order valence-corrected chi connectivity index (χ3v) is 7.09. The lowest BCUT2D eigenvalue weighted by Gasteiger charge is -2.38. The molecular formula is C23H21N3O5S. The molecule has 164 valence electrons. The van der Waals surface area contributed by atoms with Crippen LogP contribution in [0.3, 0.4) is 0 Å². The molecule has 9 heteroatoms. The number of piperidine rings is 1. The van der Waals surface area contributed by atoms with Crippen molar-refractivity contribution >= 4 is 27.8 Å². The summed E-state index contributed by atoms with van der Waals surface area (Å²) in [6.07, 6.45) is 5.01. The number of ketones is 1. The van der Waals surface area contributed by atoms with Gasteiger partial charge in [-0.15, -0.1) is 11.3 Å². The Labute approximate surface area is 188 Å². The van der Waals surface area contributed by atoms with E-state index in [1.165, 1.54) is 35.6 Å². The van der Waals surface area contributed by atoms with E-state index >= 15 is 0 Å². The third-order valence-electron chi connectivity index (χ3n) is 5.89. The molecule has 0 bridgehead atoms. The number of non-ortho nitro benzene ring substituents is 1. The van der Waals surface area contributed by atoms with Gasteiger partial charge in [-0.25, -0.2) is 0 Å². The van der Waals surface area contributed by atoms with E-state index < -0.39 is 10.7 Å². The second-order valence-electron chi connectivity index (χ2n) is 7.79. The van der Waals surface area contributed by atoms with E-state index in [1.54, 1.807) is 12.4 Å². The molecule has 2 fully saturated rings. The fourth-order valence-electron chi connectivity index (χ4n) is 4.18. The number of aromatic nitrogens is 1. The van der Waals surface area contributed by atoms with Crippen LogP contribution in [0, 0.1) is 10.1 Å². The van der Waals surface area contributed by atoms with Crippen LogP contribution in [0.5, 0.6) is 0 Å². The first-order chi connectivity index (χ1) is 15.5. The molecule has 2 aromatic heterocycles. The Morgan fingerprint density at radius 1 is 1.06 bits per heavy atom. The molecule has 2 aliphatic heterocycles. The van der Waals surface area contributed by atoms with Gasteiger partial charge in [0.05, 0.1) is 28.0 Å². The number of thiophene rings is 1. The molecule has 1 spiro atoms. The van der Waals surface area contributed by atoms with Crippen molar-refractivity contribution in [3.8, 4) is 11.1 Å². The summed E-state index contributed by atoms with van der Waals surface area (Å²) in [6.45, 7) is 2.80. The van der Waals surface area contributed by atoms with Crippen LogP contribution in [0.15, 0.2) is 54.9 Å². The zero-order valence-corrected chi connectivity index (χ0v) is 18.0. The molecule has 0 N–H and O–H groups in total. The quantitative estimate of drug-likeness (QED) is 0.324. The summed E-state index contributed by atoms with van der Waals surface area (Å²) in [6, 6.07) is 11.5. The predicted molar refractivity (Wildman–Crippen MR) is 120 cm³/mol. The summed E-state index contributed by atoms with van der Waals surface area (Å²) in [4.78, 5) is 30.6. The van der Waals surface area contributed by atoms with Crippen LogP contribution in [-0.2, 0) is 9.47 Å². The van der Waals surface area contributed by atoms with Gasteiger partial charge in [-0.05, 0) is 35.9 Å². The Morgan fingerprint density at radius 3 is 2.34 bits per heavy atom. The molecule has 8 nitrogen and oxygen atoms in total. The highest BCUT2D eigenvalue weighted by Crippen LogP contribution is 2.42. The van der Waals surface area contributed by atoms with E-state index in [4.69, 9.17) is 9.47 Å². The van der Waals surface area contributed by atoms with Gasteiger partial charge in [0, 0.05) is 61.6 Å². The minimum atomic E-state index is -0.472. The first-order valence-corrected chi connectivity index (χ1v) is 11.2. The smallest absolute Gasteiger partial charge is 0.269 e. The summed E-state index contributed by atoms with van der Waals surface area (Å²) in [5.41, 5.74) is 2.36. The maximum Gasteiger partial charge on any atom is 0.269 e. The van der Waals surface area contributed by atoms with Crippen molar-refractivity contribution in [2.24, 2.45) is 0 Å². The maximum atomic E-state index is 13.2. The van der Waals surface area contributed by atoms with E-state index in [-0.39, 0.29) is 11.5 Å². The van der Waals surface area contributed by atoms with Crippen LogP contribution in [0.4, 0.5) is 10.7 Å². The molecule has 0 amide bonds. The molecule has 3 aromatic rings. The number of benzene rings is 1. The van der Waals surface area contributed by atoms with Gasteiger partial charge in [0.15, 0.2) is 5.79 Å². The minimum absolute atomic E-state index is 0.0375. The maximum absolute atomic E-state index is 13.2. The van der Waals surface area contributed by atoms with Gasteiger partial charge >= 0.3 is 0 Å². The highest BCUT2D eigenvalue weighted by Gasteiger charge is 2.40. The number of carbonyl (C=O) groups excluding carboxylic acids is 1. The topological polar surface area (TPSA) is 94.8 Å². The molecule has 5 rings (SSSR count). The van der Waals surface area contributed by atoms with E-state index in [0.717, 1.165) is 42.1 Å². The number of hydrogen-bond acceptors (Lipinski definition) is 8. The Kier molecular flexibility index (Phi) is 5.46. The van der Waals surface area contributed by atoms with Crippen molar-refractivity contribution < 1.29 is 19.2 Å². The van der Waals surface area contributed by atoms with Crippen LogP contribution in [-0.4, -0.2) is 47.8 Å². The van der Waals surface area contributed by atoms with Crippen LogP contribution in [0.2, 0.25) is 0 Å². The van der Waals surface area contributed by atoms with Crippen LogP contribution >= 0.6 is 11.3 Å². The second kappa shape index (κ2) is 8.42. The van der Waals surface area contributed by atoms with Crippen LogP contribution in [0.1, 0.15) is 28.1 Å². The number of nitrogens with zero attached hydrogens (tertiary/aromatic N) is 3. The second-order valence-corrected chi connectivity index (χ2v) is 8.82. The molecule has 0 atom stereocenters. The number of ether oxygens (including phenoxy) is 2. The van der Waals surface area contributed by atoms with Gasteiger partial charge in [0.2, 0.25) is 5.78 Å². The first-order valence-electron chi connectivity index (χ1n) is 10.4. The van der Waals surface area contributed by atoms with Crippen molar-refractivity contribution in [2.75, 3.05) is 31.2 Å². The zero-order chi connectivity index (χ0) is 22.1. The normalized spacial score (nSPS) is 17.6. The zero-order valence-electron chi connectivity index (χ0n) is 17.2. The number of anilines is 1. The van der Waals surface area contributed by atoms with Crippen LogP contribution in [0.25, 0.3) is 11.1 Å². The van der Waals surface area contributed by atoms with E-state index in [9.17, 15) is 14.9 Å². The number of carbonyl (C=O) groups is 1. The number of rotatable bonds is 5. The van der Waals surface area contributed by atoms with Gasteiger partial charge in [-0.2, -0.15) is 0 Å². The Hall–Kier alpha value is -3.14. The number of hydrogen-bond donors (Lipinski definition) is 0. The molecule has 2 saturated heterocycles. The van der Waals surface area contributed by atoms with Crippen LogP contribution < -0.4 is 4.90 Å². The van der Waals surface area contributed by atoms with Crippen molar-refractivity contribution in [3.63, 3.8) is 0 Å². The molecule has 0 radical (unpaired) electrons. The van der Waals surface area contributed by atoms with Gasteiger partial charge < -0.3 is 14.4 Å². The number of nitro benzene ring substituents is 1. The van der Waals surface area contributed by atoms with Gasteiger partial charge in [-0.3, -0.25) is 19.9 Å². The predicted octanol–water partition coefficient (Wildman–Crippen LogP) is 4.29. The van der Waals surface area contributed by atoms with E-state index in [0.29, 0.717) is 23.7 Å². The monoisotopic (exact) mass is 451 g/mol. The standard InChI is InChI=1S/C23H21N3O5S/c27-21(17-1-3-18(4-2-17)26(28)29)20-15-19(16-5-9-24-10-6-16)22(32-20)25-11-7-23(8-12-25)30-13-14-31-23/h1-6,9-10,15H,7-8,11-14H2. The highest BCUT2D eigenvalue weighted by molar-refractivity contribution is 7.18. The first kappa shape index (κ1) is 20.7. The fourth-order valence-corrected chi connectivity index (χ4v) is 5.37. The minimum Gasteiger partial charge on any atom is -0.363 e. The molecule has 0 saturated carbocycles. The van der Waals surface area contributed by atoms with E-state index in [2.05, 4.69) is 9.88 Å². The molecule has 1 aromatic carbocycles. The third kappa shape index (κ3) is 3.90. The van der Waals surface area contributed by atoms with Crippen molar-refractivity contribution in [1.82, 2.24) is 4.98 Å². The Balaban J connectivity index is 1.46. The molecule has 0 aliphatic carbocycles. The SMILES string of the molecule is O=C(c1ccc([N+](=O)[O-])cc1)c1cc(-c2ccncc2)c(N2CCC3(CC2)OCCO3)s1. The Morgan fingerprint density at radius 2 is 1.72 bits per heavy atom. The van der Waals surface area contributed by atoms with E-state index in [1.807, 2.05) is 18.2 Å². The summed E-state index contributed by atoms with van der Waals surface area (Å²) in [7, 11) is 0. The molecule has 32 heavy (non-hydrogen) atoms. The fraction of sp³-hybridized carbons (Fsp3) is 0.304. The van der Waals surface area contributed by atoms with Crippen molar-refractivity contribution in [2.45, 2.75) is 18.6 Å². The summed E-state index contributed by atoms with van der Waals surface area (Å²) in [5.74, 6) is -0.621. The molecule has 2 aliphatic rings. The average Bonchev–Trinajstić information content (AvgIpc) is 3.48. The summed E-state index contributed by atoms with van der Waals surface area (Å²) >= 11 is 1.45. The van der Waals surface area contributed by atoms with Crippen molar-refractivity contribution in [1.29, 1.82) is 0 Å². The Bertz CT molecular complexity index is 1130. The highest BCUT2D eigenvalue weighted by atomic mass is 32.1. The molecule has 4 heterocycles. The molecular weight excluding hydrogens is 430 g/mol. The number of nitro groups is 1. The van der Waals surface area contributed by atoms with Gasteiger partial charge in [0.1, 0.15) is 0 Å². The number of pyridine rings is 1. The van der Waals surface area contributed by atoms with Crippen molar-refractivity contribution in [3.05, 3.63) is 75.4 Å². The lowest BCUT2D eigenvalue weighted by Crippen LogP contribution is -2.45. The largest absolute Gasteiger partial charge is 0.363 e. The molecule has 0 unspecified atom stereocenters.